The molecule has 2 aliphatic rings. The van der Waals surface area contributed by atoms with E-state index in [1.165, 1.54) is 64.7 Å². The Balaban J connectivity index is 1.36. The monoisotopic (exact) mass is 490 g/mol. The molecule has 2 aromatic rings. The molecule has 2 N–H and O–H groups in total. The Labute approximate surface area is 218 Å². The number of Topliss-reactive ketones (excluding diaryl/α,β-unsaturated/α-hetero) is 2. The molecule has 2 fully saturated rings. The molecule has 36 heavy (non-hydrogen) atoms. The van der Waals surface area contributed by atoms with Gasteiger partial charge in [0.15, 0.2) is 11.6 Å². The van der Waals surface area contributed by atoms with Gasteiger partial charge >= 0.3 is 0 Å². The van der Waals surface area contributed by atoms with E-state index in [1.54, 1.807) is 9.80 Å². The lowest BCUT2D eigenvalue weighted by molar-refractivity contribution is -0.907. The summed E-state index contributed by atoms with van der Waals surface area (Å²) in [6, 6.07) is 19.7. The van der Waals surface area contributed by atoms with Crippen LogP contribution in [0, 0.1) is 11.8 Å². The Morgan fingerprint density at radius 1 is 0.556 bits per heavy atom. The number of hydrogen-bond acceptors (Lipinski definition) is 2. The first-order valence-corrected chi connectivity index (χ1v) is 14.6. The van der Waals surface area contributed by atoms with Gasteiger partial charge in [-0.05, 0) is 51.4 Å². The Bertz CT molecular complexity index is 840. The van der Waals surface area contributed by atoms with Crippen molar-refractivity contribution < 1.29 is 19.4 Å². The van der Waals surface area contributed by atoms with Crippen molar-refractivity contribution in [2.75, 3.05) is 39.3 Å². The number of ketones is 2. The maximum Gasteiger partial charge on any atom is 0.171 e. The third-order valence-corrected chi connectivity index (χ3v) is 8.40. The number of carbonyl (C=O) groups excluding carboxylic acids is 2. The highest BCUT2D eigenvalue weighted by molar-refractivity contribution is 5.98. The predicted molar refractivity (Wildman–Crippen MR) is 146 cm³/mol. The number of unbranched alkanes of at least 4 members (excludes halogenated alkanes) is 1. The van der Waals surface area contributed by atoms with Crippen LogP contribution in [0.3, 0.4) is 0 Å². The first-order chi connectivity index (χ1) is 17.7. The summed E-state index contributed by atoms with van der Waals surface area (Å²) in [5, 5.41) is 0. The normalized spacial score (nSPS) is 19.0. The van der Waals surface area contributed by atoms with E-state index in [-0.39, 0.29) is 11.8 Å². The minimum absolute atomic E-state index is 0.0801. The van der Waals surface area contributed by atoms with E-state index < -0.39 is 0 Å². The molecule has 2 heterocycles. The van der Waals surface area contributed by atoms with E-state index in [2.05, 4.69) is 0 Å². The van der Waals surface area contributed by atoms with Crippen molar-refractivity contribution in [3.05, 3.63) is 71.8 Å². The van der Waals surface area contributed by atoms with Gasteiger partial charge in [-0.3, -0.25) is 9.59 Å². The van der Waals surface area contributed by atoms with Gasteiger partial charge in [0, 0.05) is 11.1 Å². The number of quaternary nitrogens is 2. The summed E-state index contributed by atoms with van der Waals surface area (Å²) < 4.78 is 0. The summed E-state index contributed by atoms with van der Waals surface area (Å²) in [6.07, 6.45) is 11.7. The molecule has 0 radical (unpaired) electrons. The van der Waals surface area contributed by atoms with Gasteiger partial charge in [-0.1, -0.05) is 73.5 Å². The van der Waals surface area contributed by atoms with E-state index >= 15 is 0 Å². The second kappa shape index (κ2) is 14.4. The maximum absolute atomic E-state index is 13.4. The number of piperidine rings is 2. The zero-order valence-corrected chi connectivity index (χ0v) is 22.1. The fourth-order valence-electron chi connectivity index (χ4n) is 6.32. The lowest BCUT2D eigenvalue weighted by Gasteiger charge is -2.28. The number of carbonyl (C=O) groups is 2. The minimum atomic E-state index is 0.0801. The SMILES string of the molecule is O=C(c1ccccc1)C(CCCCC(C[NH+]1CCCCC1)C(=O)c1ccccc1)C[NH+]1CCCCC1. The van der Waals surface area contributed by atoms with Crippen molar-refractivity contribution in [3.8, 4) is 0 Å². The third-order valence-electron chi connectivity index (χ3n) is 8.40. The van der Waals surface area contributed by atoms with Crippen LogP contribution in [0.15, 0.2) is 60.7 Å². The molecular weight excluding hydrogens is 444 g/mol. The molecule has 0 saturated carbocycles. The van der Waals surface area contributed by atoms with Crippen LogP contribution < -0.4 is 9.80 Å². The van der Waals surface area contributed by atoms with Crippen molar-refractivity contribution in [2.45, 2.75) is 64.2 Å². The molecule has 0 aromatic heterocycles. The summed E-state index contributed by atoms with van der Waals surface area (Å²) in [4.78, 5) is 30.1. The first-order valence-electron chi connectivity index (χ1n) is 14.6. The Morgan fingerprint density at radius 2 is 0.917 bits per heavy atom. The number of nitrogens with one attached hydrogen (secondary N) is 2. The highest BCUT2D eigenvalue weighted by Gasteiger charge is 2.28. The topological polar surface area (TPSA) is 43.0 Å². The Hall–Kier alpha value is -2.30. The summed E-state index contributed by atoms with van der Waals surface area (Å²) >= 11 is 0. The van der Waals surface area contributed by atoms with Crippen LogP contribution in [0.4, 0.5) is 0 Å². The zero-order chi connectivity index (χ0) is 25.0. The molecule has 4 heteroatoms. The third kappa shape index (κ3) is 8.11. The smallest absolute Gasteiger partial charge is 0.171 e. The molecule has 194 valence electrons. The van der Waals surface area contributed by atoms with Gasteiger partial charge in [-0.2, -0.15) is 0 Å². The van der Waals surface area contributed by atoms with E-state index in [4.69, 9.17) is 0 Å². The van der Waals surface area contributed by atoms with Crippen LogP contribution in [0.2, 0.25) is 0 Å². The number of likely N-dealkylation sites (tertiary alicyclic amines) is 2. The predicted octanol–water partition coefficient (Wildman–Crippen LogP) is 3.68. The van der Waals surface area contributed by atoms with E-state index in [0.29, 0.717) is 11.6 Å². The molecule has 0 amide bonds. The standard InChI is InChI=1S/C32H44N2O2/c35-31(27-15-5-1-6-16-27)29(25-33-21-11-3-12-22-33)19-9-10-20-30(26-34-23-13-4-14-24-34)32(36)28-17-7-2-8-18-28/h1-2,5-8,15-18,29-30H,3-4,9-14,19-26H2/p+2. The van der Waals surface area contributed by atoms with Crippen LogP contribution in [0.1, 0.15) is 84.9 Å². The second-order valence-electron chi connectivity index (χ2n) is 11.2. The number of benzene rings is 2. The molecule has 4 rings (SSSR count). The number of hydrogen-bond donors (Lipinski definition) is 2. The van der Waals surface area contributed by atoms with Crippen molar-refractivity contribution in [1.29, 1.82) is 0 Å². The molecule has 2 aromatic carbocycles. The molecule has 2 atom stereocenters. The molecule has 2 aliphatic heterocycles. The van der Waals surface area contributed by atoms with Crippen molar-refractivity contribution in [3.63, 3.8) is 0 Å². The van der Waals surface area contributed by atoms with Gasteiger partial charge in [0.2, 0.25) is 0 Å². The van der Waals surface area contributed by atoms with E-state index in [9.17, 15) is 9.59 Å². The first kappa shape index (κ1) is 26.8. The summed E-state index contributed by atoms with van der Waals surface area (Å²) in [6.45, 7) is 6.71. The summed E-state index contributed by atoms with van der Waals surface area (Å²) in [7, 11) is 0. The minimum Gasteiger partial charge on any atom is -0.334 e. The van der Waals surface area contributed by atoms with Gasteiger partial charge in [0.1, 0.15) is 0 Å². The van der Waals surface area contributed by atoms with Crippen LogP contribution in [0.25, 0.3) is 0 Å². The van der Waals surface area contributed by atoms with Crippen molar-refractivity contribution in [2.24, 2.45) is 11.8 Å². The van der Waals surface area contributed by atoms with Crippen molar-refractivity contribution >= 4 is 11.6 Å². The molecule has 0 aliphatic carbocycles. The second-order valence-corrected chi connectivity index (χ2v) is 11.2. The average molecular weight is 491 g/mol. The van der Waals surface area contributed by atoms with Gasteiger partial charge in [-0.15, -0.1) is 0 Å². The largest absolute Gasteiger partial charge is 0.334 e. The molecular formula is C32H46N2O2+2. The highest BCUT2D eigenvalue weighted by atomic mass is 16.1. The number of rotatable bonds is 13. The lowest BCUT2D eigenvalue weighted by atomic mass is 9.88. The summed E-state index contributed by atoms with van der Waals surface area (Å²) in [5.41, 5.74) is 1.70. The molecule has 0 spiro atoms. The average Bonchev–Trinajstić information content (AvgIpc) is 2.95. The van der Waals surface area contributed by atoms with E-state index in [0.717, 1.165) is 49.9 Å². The Kier molecular flexibility index (Phi) is 10.7. The van der Waals surface area contributed by atoms with Gasteiger partial charge < -0.3 is 9.80 Å². The lowest BCUT2D eigenvalue weighted by Crippen LogP contribution is -3.13. The van der Waals surface area contributed by atoms with Crippen LogP contribution in [-0.2, 0) is 0 Å². The van der Waals surface area contributed by atoms with Gasteiger partial charge in [0.05, 0.1) is 51.1 Å². The van der Waals surface area contributed by atoms with Gasteiger partial charge in [-0.25, -0.2) is 0 Å². The van der Waals surface area contributed by atoms with Crippen molar-refractivity contribution in [1.82, 2.24) is 0 Å². The van der Waals surface area contributed by atoms with Crippen LogP contribution >= 0.6 is 0 Å². The maximum atomic E-state index is 13.4. The van der Waals surface area contributed by atoms with Crippen LogP contribution in [-0.4, -0.2) is 50.8 Å². The Morgan fingerprint density at radius 3 is 1.28 bits per heavy atom. The molecule has 4 nitrogen and oxygen atoms in total. The molecule has 2 unspecified atom stereocenters. The molecule has 0 bridgehead atoms. The van der Waals surface area contributed by atoms with Gasteiger partial charge in [0.25, 0.3) is 0 Å². The highest BCUT2D eigenvalue weighted by Crippen LogP contribution is 2.20. The quantitative estimate of drug-likeness (QED) is 0.332. The summed E-state index contributed by atoms with van der Waals surface area (Å²) in [5.74, 6) is 0.777. The molecule has 2 saturated heterocycles. The fourth-order valence-corrected chi connectivity index (χ4v) is 6.32. The van der Waals surface area contributed by atoms with Crippen LogP contribution in [0.5, 0.6) is 0 Å². The van der Waals surface area contributed by atoms with E-state index in [1.807, 2.05) is 60.7 Å². The fraction of sp³-hybridized carbons (Fsp3) is 0.562. The zero-order valence-electron chi connectivity index (χ0n) is 22.1.